The second kappa shape index (κ2) is 7.10. The molecule has 0 aliphatic heterocycles. The zero-order valence-electron chi connectivity index (χ0n) is 10.8. The van der Waals surface area contributed by atoms with E-state index in [1.807, 2.05) is 27.7 Å². The van der Waals surface area contributed by atoms with E-state index in [0.717, 1.165) is 0 Å². The molecule has 0 unspecified atom stereocenters. The van der Waals surface area contributed by atoms with E-state index in [1.54, 1.807) is 0 Å². The molecule has 0 spiro atoms. The highest BCUT2D eigenvalue weighted by atomic mass is 14.7. The van der Waals surface area contributed by atoms with Crippen LogP contribution in [0.25, 0.3) is 10.9 Å². The van der Waals surface area contributed by atoms with Crippen LogP contribution in [0.2, 0.25) is 0 Å². The van der Waals surface area contributed by atoms with Gasteiger partial charge in [0.1, 0.15) is 0 Å². The molecule has 0 fully saturated rings. The fourth-order valence-electron chi connectivity index (χ4n) is 1.39. The molecule has 0 amide bonds. The molecule has 1 nitrogen and oxygen atoms in total. The quantitative estimate of drug-likeness (QED) is 0.633. The van der Waals surface area contributed by atoms with Crippen LogP contribution in [0.5, 0.6) is 0 Å². The lowest BCUT2D eigenvalue weighted by Gasteiger charge is -1.90. The van der Waals surface area contributed by atoms with E-state index >= 15 is 0 Å². The van der Waals surface area contributed by atoms with Gasteiger partial charge >= 0.3 is 0 Å². The summed E-state index contributed by atoms with van der Waals surface area (Å²) in [5.74, 6) is 0. The molecule has 15 heavy (non-hydrogen) atoms. The molecule has 1 aromatic heterocycles. The molecule has 1 heteroatoms. The molecule has 2 rings (SSSR count). The highest BCUT2D eigenvalue weighted by molar-refractivity contribution is 5.80. The van der Waals surface area contributed by atoms with Gasteiger partial charge in [0.05, 0.1) is 0 Å². The van der Waals surface area contributed by atoms with Crippen molar-refractivity contribution in [2.45, 2.75) is 41.5 Å². The monoisotopic (exact) mass is 205 g/mol. The standard InChI is InChI=1S/C10H11N.2C2H6/c1-7-3-4-9-6-8(2)11-10(9)5-7;2*1-2/h3-6,11H,1-2H3;2*1-2H3. The molecule has 1 aromatic carbocycles. The van der Waals surface area contributed by atoms with E-state index < -0.39 is 0 Å². The van der Waals surface area contributed by atoms with Gasteiger partial charge in [0, 0.05) is 11.2 Å². The molecular formula is C14H23N. The lowest BCUT2D eigenvalue weighted by atomic mass is 10.2. The van der Waals surface area contributed by atoms with Crippen LogP contribution in [0.15, 0.2) is 24.3 Å². The SMILES string of the molecule is CC.CC.Cc1ccc2cc(C)[nH]c2c1. The summed E-state index contributed by atoms with van der Waals surface area (Å²) in [5.41, 5.74) is 3.77. The maximum atomic E-state index is 3.30. The Kier molecular flexibility index (Phi) is 6.52. The van der Waals surface area contributed by atoms with Crippen LogP contribution >= 0.6 is 0 Å². The number of hydrogen-bond acceptors (Lipinski definition) is 0. The zero-order chi connectivity index (χ0) is 11.8. The second-order valence-electron chi connectivity index (χ2n) is 3.04. The lowest BCUT2D eigenvalue weighted by molar-refractivity contribution is 1.30. The smallest absolute Gasteiger partial charge is 0.0458 e. The third-order valence-corrected chi connectivity index (χ3v) is 1.91. The topological polar surface area (TPSA) is 15.8 Å². The highest BCUT2D eigenvalue weighted by Gasteiger charge is 1.95. The van der Waals surface area contributed by atoms with Crippen molar-refractivity contribution in [3.05, 3.63) is 35.5 Å². The zero-order valence-corrected chi connectivity index (χ0v) is 10.8. The van der Waals surface area contributed by atoms with E-state index in [4.69, 9.17) is 0 Å². The summed E-state index contributed by atoms with van der Waals surface area (Å²) in [7, 11) is 0. The minimum atomic E-state index is 1.23. The number of aromatic nitrogens is 1. The number of rotatable bonds is 0. The van der Waals surface area contributed by atoms with Crippen molar-refractivity contribution in [2.24, 2.45) is 0 Å². The summed E-state index contributed by atoms with van der Waals surface area (Å²) < 4.78 is 0. The van der Waals surface area contributed by atoms with Crippen molar-refractivity contribution in [2.75, 3.05) is 0 Å². The molecule has 84 valence electrons. The van der Waals surface area contributed by atoms with Gasteiger partial charge in [-0.1, -0.05) is 39.8 Å². The Morgan fingerprint density at radius 3 is 2.07 bits per heavy atom. The minimum Gasteiger partial charge on any atom is -0.359 e. The first kappa shape index (κ1) is 13.8. The second-order valence-corrected chi connectivity index (χ2v) is 3.04. The Balaban J connectivity index is 0.000000442. The van der Waals surface area contributed by atoms with Crippen LogP contribution in [-0.2, 0) is 0 Å². The molecule has 2 aromatic rings. The van der Waals surface area contributed by atoms with Gasteiger partial charge in [-0.15, -0.1) is 0 Å². The maximum absolute atomic E-state index is 3.30. The number of H-pyrrole nitrogens is 1. The van der Waals surface area contributed by atoms with Crippen molar-refractivity contribution < 1.29 is 0 Å². The minimum absolute atomic E-state index is 1.23. The number of nitrogens with one attached hydrogen (secondary N) is 1. The first-order valence-electron chi connectivity index (χ1n) is 5.82. The first-order valence-corrected chi connectivity index (χ1v) is 5.82. The van der Waals surface area contributed by atoms with E-state index in [2.05, 4.69) is 43.1 Å². The van der Waals surface area contributed by atoms with Crippen molar-refractivity contribution in [1.29, 1.82) is 0 Å². The molecule has 0 radical (unpaired) electrons. The maximum Gasteiger partial charge on any atom is 0.0458 e. The summed E-state index contributed by atoms with van der Waals surface area (Å²) in [6.07, 6.45) is 0. The van der Waals surface area contributed by atoms with E-state index in [0.29, 0.717) is 0 Å². The molecule has 0 bridgehead atoms. The van der Waals surface area contributed by atoms with Gasteiger partial charge in [-0.05, 0) is 36.9 Å². The van der Waals surface area contributed by atoms with Gasteiger partial charge in [-0.25, -0.2) is 0 Å². The summed E-state index contributed by atoms with van der Waals surface area (Å²) >= 11 is 0. The van der Waals surface area contributed by atoms with E-state index in [9.17, 15) is 0 Å². The third kappa shape index (κ3) is 3.78. The van der Waals surface area contributed by atoms with Gasteiger partial charge < -0.3 is 4.98 Å². The lowest BCUT2D eigenvalue weighted by Crippen LogP contribution is -1.71. The van der Waals surface area contributed by atoms with Gasteiger partial charge in [-0.3, -0.25) is 0 Å². The number of fused-ring (bicyclic) bond motifs is 1. The summed E-state index contributed by atoms with van der Waals surface area (Å²) in [6.45, 7) is 12.2. The van der Waals surface area contributed by atoms with Crippen LogP contribution in [0.3, 0.4) is 0 Å². The van der Waals surface area contributed by atoms with Crippen LogP contribution in [0.1, 0.15) is 39.0 Å². The number of hydrogen-bond donors (Lipinski definition) is 1. The van der Waals surface area contributed by atoms with Crippen LogP contribution < -0.4 is 0 Å². The Morgan fingerprint density at radius 2 is 1.47 bits per heavy atom. The average Bonchev–Trinajstić information content (AvgIpc) is 2.63. The number of aromatic amines is 1. The van der Waals surface area contributed by atoms with Crippen molar-refractivity contribution >= 4 is 10.9 Å². The van der Waals surface area contributed by atoms with Crippen molar-refractivity contribution in [3.8, 4) is 0 Å². The number of benzene rings is 1. The van der Waals surface area contributed by atoms with Crippen LogP contribution in [-0.4, -0.2) is 4.98 Å². The fraction of sp³-hybridized carbons (Fsp3) is 0.429. The fourth-order valence-corrected chi connectivity index (χ4v) is 1.39. The molecule has 1 N–H and O–H groups in total. The van der Waals surface area contributed by atoms with Gasteiger partial charge in [-0.2, -0.15) is 0 Å². The van der Waals surface area contributed by atoms with Crippen LogP contribution in [0.4, 0.5) is 0 Å². The van der Waals surface area contributed by atoms with E-state index in [1.165, 1.54) is 22.2 Å². The van der Waals surface area contributed by atoms with E-state index in [-0.39, 0.29) is 0 Å². The summed E-state index contributed by atoms with van der Waals surface area (Å²) in [6, 6.07) is 8.61. The summed E-state index contributed by atoms with van der Waals surface area (Å²) in [5, 5.41) is 1.30. The molecule has 0 aliphatic rings. The Bertz CT molecular complexity index is 385. The Hall–Kier alpha value is -1.24. The summed E-state index contributed by atoms with van der Waals surface area (Å²) in [4.78, 5) is 3.30. The first-order chi connectivity index (χ1) is 7.25. The van der Waals surface area contributed by atoms with Gasteiger partial charge in [0.25, 0.3) is 0 Å². The Labute approximate surface area is 93.5 Å². The molecule has 0 saturated carbocycles. The highest BCUT2D eigenvalue weighted by Crippen LogP contribution is 2.15. The van der Waals surface area contributed by atoms with Gasteiger partial charge in [0.15, 0.2) is 0 Å². The van der Waals surface area contributed by atoms with Gasteiger partial charge in [0.2, 0.25) is 0 Å². The molecule has 0 atom stereocenters. The largest absolute Gasteiger partial charge is 0.359 e. The van der Waals surface area contributed by atoms with Crippen molar-refractivity contribution in [1.82, 2.24) is 4.98 Å². The number of aryl methyl sites for hydroxylation is 2. The van der Waals surface area contributed by atoms with Crippen LogP contribution in [0, 0.1) is 13.8 Å². The normalized spacial score (nSPS) is 8.67. The predicted molar refractivity (Wildman–Crippen MR) is 70.5 cm³/mol. The van der Waals surface area contributed by atoms with Crippen molar-refractivity contribution in [3.63, 3.8) is 0 Å². The molecule has 0 saturated heterocycles. The third-order valence-electron chi connectivity index (χ3n) is 1.91. The molecule has 1 heterocycles. The molecule has 0 aliphatic carbocycles. The Morgan fingerprint density at radius 1 is 0.867 bits per heavy atom. The average molecular weight is 205 g/mol. The predicted octanol–water partition coefficient (Wildman–Crippen LogP) is 4.84. The molecular weight excluding hydrogens is 182 g/mol.